The van der Waals surface area contributed by atoms with Gasteiger partial charge < -0.3 is 14.4 Å². The first-order valence-electron chi connectivity index (χ1n) is 10.3. The van der Waals surface area contributed by atoms with E-state index in [9.17, 15) is 14.4 Å². The molecule has 0 aromatic heterocycles. The summed E-state index contributed by atoms with van der Waals surface area (Å²) in [5.41, 5.74) is 0.248. The van der Waals surface area contributed by atoms with E-state index in [1.807, 2.05) is 45.0 Å². The molecule has 2 heterocycles. The SMILES string of the molecule is CC(C)(C)OC(=O)N1CCN(CCOc2ccc(N3CCC(=O)NC3=O)cc2)CC1. The molecule has 0 saturated carbocycles. The predicted molar refractivity (Wildman–Crippen MR) is 112 cm³/mol. The second-order valence-electron chi connectivity index (χ2n) is 8.41. The van der Waals surface area contributed by atoms with Gasteiger partial charge in [-0.05, 0) is 45.0 Å². The first-order valence-corrected chi connectivity index (χ1v) is 10.3. The van der Waals surface area contributed by atoms with Crippen molar-refractivity contribution in [2.75, 3.05) is 50.8 Å². The predicted octanol–water partition coefficient (Wildman–Crippen LogP) is 2.06. The number of hydrogen-bond donors (Lipinski definition) is 1. The number of benzene rings is 1. The molecule has 1 aromatic carbocycles. The van der Waals surface area contributed by atoms with Crippen LogP contribution in [0, 0.1) is 0 Å². The van der Waals surface area contributed by atoms with Crippen molar-refractivity contribution in [3.63, 3.8) is 0 Å². The summed E-state index contributed by atoms with van der Waals surface area (Å²) < 4.78 is 11.2. The van der Waals surface area contributed by atoms with Crippen LogP contribution in [0.5, 0.6) is 5.75 Å². The lowest BCUT2D eigenvalue weighted by molar-refractivity contribution is -0.120. The lowest BCUT2D eigenvalue weighted by atomic mass is 10.2. The lowest BCUT2D eigenvalue weighted by Crippen LogP contribution is -2.50. The summed E-state index contributed by atoms with van der Waals surface area (Å²) in [6.07, 6.45) is 0.0378. The molecule has 2 saturated heterocycles. The number of nitrogens with one attached hydrogen (secondary N) is 1. The van der Waals surface area contributed by atoms with Crippen LogP contribution in [0.1, 0.15) is 27.2 Å². The monoisotopic (exact) mass is 418 g/mol. The van der Waals surface area contributed by atoms with Crippen LogP contribution in [0.2, 0.25) is 0 Å². The van der Waals surface area contributed by atoms with E-state index >= 15 is 0 Å². The molecule has 0 bridgehead atoms. The van der Waals surface area contributed by atoms with Crippen molar-refractivity contribution < 1.29 is 23.9 Å². The molecule has 0 atom stereocenters. The van der Waals surface area contributed by atoms with Crippen LogP contribution >= 0.6 is 0 Å². The van der Waals surface area contributed by atoms with Crippen molar-refractivity contribution in [3.05, 3.63) is 24.3 Å². The van der Waals surface area contributed by atoms with Gasteiger partial charge in [0.2, 0.25) is 5.91 Å². The number of piperazine rings is 1. The number of urea groups is 1. The smallest absolute Gasteiger partial charge is 0.410 e. The first-order chi connectivity index (χ1) is 14.2. The Balaban J connectivity index is 1.38. The van der Waals surface area contributed by atoms with E-state index in [1.165, 1.54) is 4.90 Å². The Morgan fingerprint density at radius 1 is 1.03 bits per heavy atom. The van der Waals surface area contributed by atoms with Crippen LogP contribution in [0.15, 0.2) is 24.3 Å². The standard InChI is InChI=1S/C21H30N4O5/c1-21(2,3)30-20(28)24-12-10-23(11-13-24)14-15-29-17-6-4-16(5-7-17)25-9-8-18(26)22-19(25)27/h4-7H,8-15H2,1-3H3,(H,22,26,27). The highest BCUT2D eigenvalue weighted by Gasteiger charge is 2.26. The third-order valence-corrected chi connectivity index (χ3v) is 4.90. The molecule has 1 N–H and O–H groups in total. The number of carbonyl (C=O) groups is 3. The minimum atomic E-state index is -0.479. The van der Waals surface area contributed by atoms with E-state index < -0.39 is 11.6 Å². The maximum atomic E-state index is 12.1. The number of anilines is 1. The second-order valence-corrected chi connectivity index (χ2v) is 8.41. The van der Waals surface area contributed by atoms with Gasteiger partial charge in [0, 0.05) is 51.4 Å². The van der Waals surface area contributed by atoms with Gasteiger partial charge in [-0.3, -0.25) is 19.9 Å². The maximum Gasteiger partial charge on any atom is 0.410 e. The number of rotatable bonds is 5. The minimum Gasteiger partial charge on any atom is -0.492 e. The molecule has 30 heavy (non-hydrogen) atoms. The number of ether oxygens (including phenoxy) is 2. The molecule has 9 heteroatoms. The average Bonchev–Trinajstić information content (AvgIpc) is 2.68. The van der Waals surface area contributed by atoms with Crippen LogP contribution in [0.3, 0.4) is 0 Å². The van der Waals surface area contributed by atoms with Gasteiger partial charge in [0.1, 0.15) is 18.0 Å². The Morgan fingerprint density at radius 3 is 2.30 bits per heavy atom. The zero-order valence-corrected chi connectivity index (χ0v) is 17.8. The zero-order chi connectivity index (χ0) is 21.7. The quantitative estimate of drug-likeness (QED) is 0.787. The summed E-state index contributed by atoms with van der Waals surface area (Å²) in [5.74, 6) is 0.475. The highest BCUT2D eigenvalue weighted by atomic mass is 16.6. The lowest BCUT2D eigenvalue weighted by Gasteiger charge is -2.35. The fraction of sp³-hybridized carbons (Fsp3) is 0.571. The third-order valence-electron chi connectivity index (χ3n) is 4.90. The molecule has 0 aliphatic carbocycles. The molecule has 0 radical (unpaired) electrons. The number of nitrogens with zero attached hydrogens (tertiary/aromatic N) is 3. The molecule has 0 unspecified atom stereocenters. The topological polar surface area (TPSA) is 91.4 Å². The van der Waals surface area contributed by atoms with Crippen LogP contribution in [0.25, 0.3) is 0 Å². The molecule has 9 nitrogen and oxygen atoms in total. The van der Waals surface area contributed by atoms with E-state index in [0.29, 0.717) is 32.7 Å². The van der Waals surface area contributed by atoms with Gasteiger partial charge in [-0.1, -0.05) is 0 Å². The van der Waals surface area contributed by atoms with Crippen molar-refractivity contribution in [3.8, 4) is 5.75 Å². The van der Waals surface area contributed by atoms with E-state index in [4.69, 9.17) is 9.47 Å². The average molecular weight is 418 g/mol. The number of imide groups is 1. The highest BCUT2D eigenvalue weighted by Crippen LogP contribution is 2.21. The molecule has 4 amide bonds. The summed E-state index contributed by atoms with van der Waals surface area (Å²) >= 11 is 0. The van der Waals surface area contributed by atoms with Gasteiger partial charge in [-0.15, -0.1) is 0 Å². The molecular formula is C21H30N4O5. The van der Waals surface area contributed by atoms with Crippen LogP contribution < -0.4 is 15.0 Å². The fourth-order valence-corrected chi connectivity index (χ4v) is 3.31. The molecule has 0 spiro atoms. The van der Waals surface area contributed by atoms with Crippen molar-refractivity contribution >= 4 is 23.7 Å². The molecule has 1 aromatic rings. The van der Waals surface area contributed by atoms with Gasteiger partial charge in [0.15, 0.2) is 0 Å². The first kappa shape index (κ1) is 21.9. The Labute approximate surface area is 176 Å². The Morgan fingerprint density at radius 2 is 1.70 bits per heavy atom. The minimum absolute atomic E-state index is 0.247. The summed E-state index contributed by atoms with van der Waals surface area (Å²) in [6.45, 7) is 10.1. The highest BCUT2D eigenvalue weighted by molar-refractivity contribution is 6.05. The van der Waals surface area contributed by atoms with Crippen molar-refractivity contribution in [2.45, 2.75) is 32.8 Å². The molecule has 3 rings (SSSR count). The van der Waals surface area contributed by atoms with Gasteiger partial charge >= 0.3 is 12.1 Å². The van der Waals surface area contributed by atoms with Crippen molar-refractivity contribution in [1.82, 2.24) is 15.1 Å². The third kappa shape index (κ3) is 6.09. The number of hydrogen-bond acceptors (Lipinski definition) is 6. The summed E-state index contributed by atoms with van der Waals surface area (Å²) in [7, 11) is 0. The Hall–Kier alpha value is -2.81. The summed E-state index contributed by atoms with van der Waals surface area (Å²) in [6, 6.07) is 6.86. The van der Waals surface area contributed by atoms with Crippen molar-refractivity contribution in [1.29, 1.82) is 0 Å². The molecule has 2 aliphatic heterocycles. The number of amides is 4. The molecule has 164 valence electrons. The van der Waals surface area contributed by atoms with Crippen LogP contribution in [-0.2, 0) is 9.53 Å². The largest absolute Gasteiger partial charge is 0.492 e. The molecule has 2 aliphatic rings. The second kappa shape index (κ2) is 9.34. The maximum absolute atomic E-state index is 12.1. The summed E-state index contributed by atoms with van der Waals surface area (Å²) in [4.78, 5) is 40.8. The van der Waals surface area contributed by atoms with Crippen LogP contribution in [0.4, 0.5) is 15.3 Å². The normalized spacial score (nSPS) is 18.2. The van der Waals surface area contributed by atoms with E-state index in [-0.39, 0.29) is 12.0 Å². The van der Waals surface area contributed by atoms with Gasteiger partial charge in [-0.2, -0.15) is 0 Å². The zero-order valence-electron chi connectivity index (χ0n) is 17.8. The molecule has 2 fully saturated rings. The van der Waals surface area contributed by atoms with Gasteiger partial charge in [0.25, 0.3) is 0 Å². The Kier molecular flexibility index (Phi) is 6.81. The van der Waals surface area contributed by atoms with E-state index in [0.717, 1.165) is 31.1 Å². The van der Waals surface area contributed by atoms with E-state index in [2.05, 4.69) is 10.2 Å². The van der Waals surface area contributed by atoms with Gasteiger partial charge in [-0.25, -0.2) is 9.59 Å². The number of carbonyl (C=O) groups excluding carboxylic acids is 3. The van der Waals surface area contributed by atoms with Crippen molar-refractivity contribution in [2.24, 2.45) is 0 Å². The van der Waals surface area contributed by atoms with Gasteiger partial charge in [0.05, 0.1) is 0 Å². The van der Waals surface area contributed by atoms with E-state index in [1.54, 1.807) is 4.90 Å². The van der Waals surface area contributed by atoms with Crippen LogP contribution in [-0.4, -0.2) is 79.3 Å². The molecular weight excluding hydrogens is 388 g/mol. The summed E-state index contributed by atoms with van der Waals surface area (Å²) in [5, 5.41) is 2.31. The fourth-order valence-electron chi connectivity index (χ4n) is 3.31. The Bertz CT molecular complexity index is 767.